The topological polar surface area (TPSA) is 77.5 Å². The molecule has 0 aliphatic rings. The van der Waals surface area contributed by atoms with Gasteiger partial charge < -0.3 is 4.74 Å². The molecular formula is C16H14O5S. The number of rotatable bonds is 5. The van der Waals surface area contributed by atoms with Gasteiger partial charge >= 0.3 is 5.97 Å². The molecule has 2 aromatic carbocycles. The van der Waals surface area contributed by atoms with E-state index in [1.165, 1.54) is 24.3 Å². The molecule has 0 amide bonds. The van der Waals surface area contributed by atoms with Crippen molar-refractivity contribution in [2.45, 2.75) is 4.90 Å². The molecule has 0 fully saturated rings. The molecule has 0 bridgehead atoms. The van der Waals surface area contributed by atoms with Crippen LogP contribution in [-0.4, -0.2) is 33.0 Å². The summed E-state index contributed by atoms with van der Waals surface area (Å²) < 4.78 is 28.2. The minimum atomic E-state index is -3.55. The SMILES string of the molecule is CS(=O)(=O)c1ccccc1C(=O)OCC(=O)c1ccccc1. The van der Waals surface area contributed by atoms with Gasteiger partial charge in [0.05, 0.1) is 10.5 Å². The predicted molar refractivity (Wildman–Crippen MR) is 80.6 cm³/mol. The van der Waals surface area contributed by atoms with Crippen LogP contribution in [0.2, 0.25) is 0 Å². The number of ether oxygens (including phenoxy) is 1. The molecule has 22 heavy (non-hydrogen) atoms. The molecule has 0 saturated carbocycles. The summed E-state index contributed by atoms with van der Waals surface area (Å²) in [6.07, 6.45) is 1.01. The Kier molecular flexibility index (Phi) is 4.72. The van der Waals surface area contributed by atoms with Crippen LogP contribution < -0.4 is 0 Å². The maximum Gasteiger partial charge on any atom is 0.339 e. The average molecular weight is 318 g/mol. The van der Waals surface area contributed by atoms with Crippen molar-refractivity contribution in [1.82, 2.24) is 0 Å². The Bertz CT molecular complexity index is 794. The van der Waals surface area contributed by atoms with Crippen molar-refractivity contribution in [3.8, 4) is 0 Å². The van der Waals surface area contributed by atoms with Gasteiger partial charge in [0.1, 0.15) is 0 Å². The summed E-state index contributed by atoms with van der Waals surface area (Å²) in [5.41, 5.74) is 0.345. The van der Waals surface area contributed by atoms with Crippen molar-refractivity contribution in [3.63, 3.8) is 0 Å². The second-order valence-corrected chi connectivity index (χ2v) is 6.62. The first-order valence-corrected chi connectivity index (χ1v) is 8.33. The van der Waals surface area contributed by atoms with E-state index in [9.17, 15) is 18.0 Å². The highest BCUT2D eigenvalue weighted by molar-refractivity contribution is 7.90. The van der Waals surface area contributed by atoms with Crippen molar-refractivity contribution in [2.75, 3.05) is 12.9 Å². The van der Waals surface area contributed by atoms with E-state index in [-0.39, 0.29) is 16.2 Å². The highest BCUT2D eigenvalue weighted by Gasteiger charge is 2.20. The lowest BCUT2D eigenvalue weighted by Gasteiger charge is -2.08. The summed E-state index contributed by atoms with van der Waals surface area (Å²) in [5.74, 6) is -1.20. The number of Topliss-reactive ketones (excluding diaryl/α,β-unsaturated/α-hetero) is 1. The molecule has 0 aromatic heterocycles. The molecule has 0 radical (unpaired) electrons. The van der Waals surface area contributed by atoms with Crippen LogP contribution >= 0.6 is 0 Å². The Morgan fingerprint density at radius 3 is 2.18 bits per heavy atom. The highest BCUT2D eigenvalue weighted by atomic mass is 32.2. The van der Waals surface area contributed by atoms with E-state index >= 15 is 0 Å². The molecule has 0 unspecified atom stereocenters. The zero-order valence-corrected chi connectivity index (χ0v) is 12.7. The number of sulfone groups is 1. The van der Waals surface area contributed by atoms with E-state index in [2.05, 4.69) is 0 Å². The number of benzene rings is 2. The minimum Gasteiger partial charge on any atom is -0.454 e. The zero-order valence-electron chi connectivity index (χ0n) is 11.9. The second-order valence-electron chi connectivity index (χ2n) is 4.63. The summed E-state index contributed by atoms with van der Waals surface area (Å²) in [6, 6.07) is 14.1. The molecule has 6 heteroatoms. The summed E-state index contributed by atoms with van der Waals surface area (Å²) in [4.78, 5) is 23.8. The summed E-state index contributed by atoms with van der Waals surface area (Å²) in [7, 11) is -3.55. The average Bonchev–Trinajstić information content (AvgIpc) is 2.52. The van der Waals surface area contributed by atoms with Crippen LogP contribution in [0.25, 0.3) is 0 Å². The molecule has 114 valence electrons. The summed E-state index contributed by atoms with van der Waals surface area (Å²) >= 11 is 0. The lowest BCUT2D eigenvalue weighted by molar-refractivity contribution is 0.0471. The number of carbonyl (C=O) groups is 2. The third-order valence-corrected chi connectivity index (χ3v) is 4.09. The van der Waals surface area contributed by atoms with Gasteiger partial charge in [0.25, 0.3) is 0 Å². The maximum absolute atomic E-state index is 12.0. The molecule has 0 aliphatic heterocycles. The zero-order chi connectivity index (χ0) is 16.2. The van der Waals surface area contributed by atoms with Crippen molar-refractivity contribution in [1.29, 1.82) is 0 Å². The van der Waals surface area contributed by atoms with Crippen LogP contribution in [0.5, 0.6) is 0 Å². The first-order chi connectivity index (χ1) is 10.4. The van der Waals surface area contributed by atoms with E-state index in [0.717, 1.165) is 6.26 Å². The highest BCUT2D eigenvalue weighted by Crippen LogP contribution is 2.16. The molecule has 0 aliphatic carbocycles. The van der Waals surface area contributed by atoms with E-state index in [4.69, 9.17) is 4.74 Å². The molecule has 0 spiro atoms. The first kappa shape index (κ1) is 15.9. The third-order valence-electron chi connectivity index (χ3n) is 2.94. The van der Waals surface area contributed by atoms with Crippen LogP contribution in [0.1, 0.15) is 20.7 Å². The fourth-order valence-corrected chi connectivity index (χ4v) is 2.75. The van der Waals surface area contributed by atoms with E-state index < -0.39 is 22.4 Å². The molecule has 0 saturated heterocycles. The van der Waals surface area contributed by atoms with Gasteiger partial charge in [-0.2, -0.15) is 0 Å². The van der Waals surface area contributed by atoms with Crippen molar-refractivity contribution in [3.05, 3.63) is 65.7 Å². The number of esters is 1. The van der Waals surface area contributed by atoms with Gasteiger partial charge in [-0.3, -0.25) is 4.79 Å². The quantitative estimate of drug-likeness (QED) is 0.623. The molecular weight excluding hydrogens is 304 g/mol. The van der Waals surface area contributed by atoms with Gasteiger partial charge in [0.2, 0.25) is 0 Å². The van der Waals surface area contributed by atoms with Crippen LogP contribution in [-0.2, 0) is 14.6 Å². The molecule has 2 aromatic rings. The maximum atomic E-state index is 12.0. The number of hydrogen-bond donors (Lipinski definition) is 0. The lowest BCUT2D eigenvalue weighted by atomic mass is 10.1. The van der Waals surface area contributed by atoms with E-state index in [0.29, 0.717) is 5.56 Å². The predicted octanol–water partition coefficient (Wildman–Crippen LogP) is 2.13. The molecule has 0 atom stereocenters. The standard InChI is InChI=1S/C16H14O5S/c1-22(19,20)15-10-6-5-9-13(15)16(18)21-11-14(17)12-7-3-2-4-8-12/h2-10H,11H2,1H3. The second kappa shape index (κ2) is 6.53. The Labute approximate surface area is 128 Å². The van der Waals surface area contributed by atoms with Gasteiger partial charge in [-0.05, 0) is 12.1 Å². The normalized spacial score (nSPS) is 11.0. The van der Waals surface area contributed by atoms with E-state index in [1.807, 2.05) is 0 Å². The van der Waals surface area contributed by atoms with Crippen LogP contribution in [0.3, 0.4) is 0 Å². The number of hydrogen-bond acceptors (Lipinski definition) is 5. The molecule has 2 rings (SSSR count). The monoisotopic (exact) mass is 318 g/mol. The summed E-state index contributed by atoms with van der Waals surface area (Å²) in [6.45, 7) is -0.444. The molecule has 0 N–H and O–H groups in total. The Morgan fingerprint density at radius 2 is 1.55 bits per heavy atom. The summed E-state index contributed by atoms with van der Waals surface area (Å²) in [5, 5.41) is 0. The fraction of sp³-hybridized carbons (Fsp3) is 0.125. The Morgan fingerprint density at radius 1 is 0.955 bits per heavy atom. The van der Waals surface area contributed by atoms with Gasteiger partial charge in [-0.15, -0.1) is 0 Å². The number of ketones is 1. The third kappa shape index (κ3) is 3.79. The van der Waals surface area contributed by atoms with Crippen LogP contribution in [0.4, 0.5) is 0 Å². The Balaban J connectivity index is 2.13. The molecule has 5 nitrogen and oxygen atoms in total. The van der Waals surface area contributed by atoms with Crippen LogP contribution in [0, 0.1) is 0 Å². The van der Waals surface area contributed by atoms with Gasteiger partial charge in [-0.1, -0.05) is 42.5 Å². The van der Waals surface area contributed by atoms with Crippen LogP contribution in [0.15, 0.2) is 59.5 Å². The molecule has 0 heterocycles. The van der Waals surface area contributed by atoms with Gasteiger partial charge in [-0.25, -0.2) is 13.2 Å². The fourth-order valence-electron chi connectivity index (χ4n) is 1.87. The van der Waals surface area contributed by atoms with E-state index in [1.54, 1.807) is 30.3 Å². The Hall–Kier alpha value is -2.47. The van der Waals surface area contributed by atoms with Crippen molar-refractivity contribution >= 4 is 21.6 Å². The van der Waals surface area contributed by atoms with Crippen molar-refractivity contribution in [2.24, 2.45) is 0 Å². The lowest BCUT2D eigenvalue weighted by Crippen LogP contribution is -2.16. The van der Waals surface area contributed by atoms with Gasteiger partial charge in [0, 0.05) is 11.8 Å². The van der Waals surface area contributed by atoms with Crippen molar-refractivity contribution < 1.29 is 22.7 Å². The largest absolute Gasteiger partial charge is 0.454 e. The van der Waals surface area contributed by atoms with Gasteiger partial charge in [0.15, 0.2) is 22.2 Å². The first-order valence-electron chi connectivity index (χ1n) is 6.44. The smallest absolute Gasteiger partial charge is 0.339 e. The number of carbonyl (C=O) groups excluding carboxylic acids is 2. The minimum absolute atomic E-state index is 0.0779.